The van der Waals surface area contributed by atoms with Gasteiger partial charge in [0.15, 0.2) is 5.69 Å². The predicted octanol–water partition coefficient (Wildman–Crippen LogP) is 2.42. The summed E-state index contributed by atoms with van der Waals surface area (Å²) in [5, 5.41) is 9.28. The number of hydrogen-bond donors (Lipinski definition) is 1. The van der Waals surface area contributed by atoms with Crippen molar-refractivity contribution in [3.05, 3.63) is 47.2 Å². The van der Waals surface area contributed by atoms with Crippen LogP contribution in [0.4, 0.5) is 5.69 Å². The van der Waals surface area contributed by atoms with Gasteiger partial charge in [0, 0.05) is 12.3 Å². The van der Waals surface area contributed by atoms with E-state index >= 15 is 0 Å². The van der Waals surface area contributed by atoms with E-state index in [9.17, 15) is 8.42 Å². The van der Waals surface area contributed by atoms with E-state index < -0.39 is 10.0 Å². The lowest BCUT2D eigenvalue weighted by atomic mass is 10.3. The fourth-order valence-corrected chi connectivity index (χ4v) is 2.98. The smallest absolute Gasteiger partial charge is 0.264 e. The van der Waals surface area contributed by atoms with Gasteiger partial charge in [-0.3, -0.25) is 4.72 Å². The van der Waals surface area contributed by atoms with Gasteiger partial charge in [0.25, 0.3) is 10.0 Å². The molecule has 108 valence electrons. The van der Waals surface area contributed by atoms with Gasteiger partial charge < -0.3 is 4.74 Å². The van der Waals surface area contributed by atoms with E-state index in [1.165, 1.54) is 43.6 Å². The first-order chi connectivity index (χ1) is 9.97. The summed E-state index contributed by atoms with van der Waals surface area (Å²) in [6.07, 6.45) is 1.35. The molecule has 0 bridgehead atoms. The van der Waals surface area contributed by atoms with Gasteiger partial charge in [-0.15, -0.1) is 0 Å². The first-order valence-corrected chi connectivity index (χ1v) is 7.55. The maximum absolute atomic E-state index is 12.3. The maximum atomic E-state index is 12.3. The van der Waals surface area contributed by atoms with Crippen LogP contribution in [0.3, 0.4) is 0 Å². The van der Waals surface area contributed by atoms with Gasteiger partial charge in [0.2, 0.25) is 0 Å². The fraction of sp³-hybridized carbons (Fsp3) is 0.0769. The number of ether oxygens (including phenoxy) is 1. The van der Waals surface area contributed by atoms with Crippen LogP contribution in [0.1, 0.15) is 5.69 Å². The number of methoxy groups -OCH3 is 1. The average Bonchev–Trinajstić information content (AvgIpc) is 2.49. The lowest BCUT2D eigenvalue weighted by Gasteiger charge is -2.10. The number of nitrogens with one attached hydrogen (secondary N) is 1. The summed E-state index contributed by atoms with van der Waals surface area (Å²) in [7, 11) is -2.50. The highest BCUT2D eigenvalue weighted by molar-refractivity contribution is 7.92. The molecule has 1 N–H and O–H groups in total. The summed E-state index contributed by atoms with van der Waals surface area (Å²) in [6, 6.07) is 8.94. The SMILES string of the molecule is COc1cc(NS(=O)(=O)c2cccnc2C#N)ccc1Cl. The lowest BCUT2D eigenvalue weighted by Crippen LogP contribution is -2.15. The summed E-state index contributed by atoms with van der Waals surface area (Å²) in [5.74, 6) is 0.337. The number of sulfonamides is 1. The van der Waals surface area contributed by atoms with E-state index in [1.807, 2.05) is 0 Å². The third-order valence-corrected chi connectivity index (χ3v) is 4.29. The van der Waals surface area contributed by atoms with Crippen LogP contribution in [-0.4, -0.2) is 20.5 Å². The van der Waals surface area contributed by atoms with Crippen LogP contribution >= 0.6 is 11.6 Å². The van der Waals surface area contributed by atoms with E-state index in [2.05, 4.69) is 9.71 Å². The van der Waals surface area contributed by atoms with Crippen molar-refractivity contribution >= 4 is 27.3 Å². The zero-order chi connectivity index (χ0) is 15.5. The monoisotopic (exact) mass is 323 g/mol. The van der Waals surface area contributed by atoms with Gasteiger partial charge in [0.05, 0.1) is 17.8 Å². The Morgan fingerprint density at radius 2 is 2.14 bits per heavy atom. The Kier molecular flexibility index (Phi) is 4.31. The molecule has 6 nitrogen and oxygen atoms in total. The highest BCUT2D eigenvalue weighted by atomic mass is 35.5. The van der Waals surface area contributed by atoms with Crippen LogP contribution in [0.25, 0.3) is 0 Å². The second-order valence-corrected chi connectivity index (χ2v) is 5.97. The molecule has 1 heterocycles. The molecule has 0 saturated carbocycles. The van der Waals surface area contributed by atoms with E-state index in [-0.39, 0.29) is 16.3 Å². The van der Waals surface area contributed by atoms with E-state index in [4.69, 9.17) is 21.6 Å². The molecule has 0 spiro atoms. The van der Waals surface area contributed by atoms with Gasteiger partial charge in [-0.2, -0.15) is 5.26 Å². The lowest BCUT2D eigenvalue weighted by molar-refractivity contribution is 0.415. The Balaban J connectivity index is 2.40. The Bertz CT molecular complexity index is 816. The largest absolute Gasteiger partial charge is 0.495 e. The minimum atomic E-state index is -3.93. The summed E-state index contributed by atoms with van der Waals surface area (Å²) in [6.45, 7) is 0. The van der Waals surface area contributed by atoms with Gasteiger partial charge in [-0.25, -0.2) is 13.4 Å². The van der Waals surface area contributed by atoms with E-state index in [1.54, 1.807) is 6.07 Å². The Labute approximate surface area is 127 Å². The number of hydrogen-bond acceptors (Lipinski definition) is 5. The molecule has 0 aliphatic rings. The molecular weight excluding hydrogens is 314 g/mol. The first kappa shape index (κ1) is 15.1. The molecule has 1 aromatic heterocycles. The fourth-order valence-electron chi connectivity index (χ4n) is 1.62. The van der Waals surface area contributed by atoms with Crippen LogP contribution in [-0.2, 0) is 10.0 Å². The Morgan fingerprint density at radius 3 is 2.81 bits per heavy atom. The van der Waals surface area contributed by atoms with Crippen LogP contribution in [0.2, 0.25) is 5.02 Å². The van der Waals surface area contributed by atoms with Crippen LogP contribution in [0.5, 0.6) is 5.75 Å². The van der Waals surface area contributed by atoms with Crippen molar-refractivity contribution in [2.75, 3.05) is 11.8 Å². The number of anilines is 1. The van der Waals surface area contributed by atoms with Crippen molar-refractivity contribution < 1.29 is 13.2 Å². The van der Waals surface area contributed by atoms with Crippen molar-refractivity contribution in [3.8, 4) is 11.8 Å². The van der Waals surface area contributed by atoms with Gasteiger partial charge in [0.1, 0.15) is 16.7 Å². The Hall–Kier alpha value is -2.30. The van der Waals surface area contributed by atoms with Crippen molar-refractivity contribution in [1.29, 1.82) is 5.26 Å². The highest BCUT2D eigenvalue weighted by Crippen LogP contribution is 2.28. The minimum Gasteiger partial charge on any atom is -0.495 e. The van der Waals surface area contributed by atoms with Crippen LogP contribution in [0.15, 0.2) is 41.4 Å². The second-order valence-electron chi connectivity index (χ2n) is 3.92. The molecule has 0 amide bonds. The molecule has 2 rings (SSSR count). The molecular formula is C13H10ClN3O3S. The molecule has 0 atom stereocenters. The van der Waals surface area contributed by atoms with Gasteiger partial charge >= 0.3 is 0 Å². The molecule has 0 aliphatic heterocycles. The molecule has 2 aromatic rings. The van der Waals surface area contributed by atoms with Crippen LogP contribution < -0.4 is 9.46 Å². The topological polar surface area (TPSA) is 92.1 Å². The van der Waals surface area contributed by atoms with Crippen molar-refractivity contribution in [2.24, 2.45) is 0 Å². The number of rotatable bonds is 4. The standard InChI is InChI=1S/C13H10ClN3O3S/c1-20-12-7-9(4-5-10(12)14)17-21(18,19)13-3-2-6-16-11(13)8-15/h2-7,17H,1H3. The summed E-state index contributed by atoms with van der Waals surface area (Å²) in [4.78, 5) is 3.53. The Morgan fingerprint density at radius 1 is 1.38 bits per heavy atom. The van der Waals surface area contributed by atoms with Crippen molar-refractivity contribution in [2.45, 2.75) is 4.90 Å². The molecule has 0 radical (unpaired) electrons. The van der Waals surface area contributed by atoms with Crippen molar-refractivity contribution in [1.82, 2.24) is 4.98 Å². The number of pyridine rings is 1. The molecule has 0 saturated heterocycles. The number of halogens is 1. The van der Waals surface area contributed by atoms with E-state index in [0.717, 1.165) is 0 Å². The quantitative estimate of drug-likeness (QED) is 0.932. The number of nitriles is 1. The average molecular weight is 324 g/mol. The summed E-state index contributed by atoms with van der Waals surface area (Å²) < 4.78 is 32.0. The summed E-state index contributed by atoms with van der Waals surface area (Å²) in [5.41, 5.74) is 0.0925. The minimum absolute atomic E-state index is 0.175. The zero-order valence-corrected chi connectivity index (χ0v) is 12.4. The third kappa shape index (κ3) is 3.24. The molecule has 0 fully saturated rings. The van der Waals surface area contributed by atoms with E-state index in [0.29, 0.717) is 10.8 Å². The molecule has 0 unspecified atom stereocenters. The molecule has 21 heavy (non-hydrogen) atoms. The second kappa shape index (κ2) is 5.99. The molecule has 1 aromatic carbocycles. The van der Waals surface area contributed by atoms with Crippen LogP contribution in [0, 0.1) is 11.3 Å². The number of aromatic nitrogens is 1. The maximum Gasteiger partial charge on any atom is 0.264 e. The highest BCUT2D eigenvalue weighted by Gasteiger charge is 2.19. The predicted molar refractivity (Wildman–Crippen MR) is 77.8 cm³/mol. The van der Waals surface area contributed by atoms with Gasteiger partial charge in [-0.1, -0.05) is 11.6 Å². The first-order valence-electron chi connectivity index (χ1n) is 5.69. The third-order valence-electron chi connectivity index (χ3n) is 2.57. The summed E-state index contributed by atoms with van der Waals surface area (Å²) >= 11 is 5.88. The van der Waals surface area contributed by atoms with Gasteiger partial charge in [-0.05, 0) is 24.3 Å². The zero-order valence-electron chi connectivity index (χ0n) is 10.9. The number of nitrogens with zero attached hydrogens (tertiary/aromatic N) is 2. The van der Waals surface area contributed by atoms with Crippen molar-refractivity contribution in [3.63, 3.8) is 0 Å². The number of benzene rings is 1. The normalized spacial score (nSPS) is 10.7. The molecule has 8 heteroatoms. The molecule has 0 aliphatic carbocycles.